The maximum absolute atomic E-state index is 12.8. The molecule has 0 aliphatic carbocycles. The van der Waals surface area contributed by atoms with Gasteiger partial charge in [0.25, 0.3) is 5.56 Å². The lowest BCUT2D eigenvalue weighted by atomic mass is 10.0. The van der Waals surface area contributed by atoms with Crippen molar-refractivity contribution in [3.8, 4) is 11.4 Å². The van der Waals surface area contributed by atoms with E-state index in [1.807, 2.05) is 35.2 Å². The van der Waals surface area contributed by atoms with Gasteiger partial charge in [-0.25, -0.2) is 15.0 Å². The van der Waals surface area contributed by atoms with Crippen molar-refractivity contribution in [2.75, 3.05) is 11.4 Å². The molecule has 0 amide bonds. The molecule has 0 radical (unpaired) electrons. The molecule has 3 aromatic rings. The Kier molecular flexibility index (Phi) is 4.97. The normalized spacial score (nSPS) is 15.9. The molecule has 0 bridgehead atoms. The zero-order valence-electron chi connectivity index (χ0n) is 15.7. The summed E-state index contributed by atoms with van der Waals surface area (Å²) in [6.07, 6.45) is 4.72. The maximum atomic E-state index is 12.8. The second-order valence-corrected chi connectivity index (χ2v) is 6.79. The highest BCUT2D eigenvalue weighted by atomic mass is 16.1. The summed E-state index contributed by atoms with van der Waals surface area (Å²) < 4.78 is 1.65. The van der Waals surface area contributed by atoms with Gasteiger partial charge in [-0.3, -0.25) is 14.2 Å². The first-order valence-electron chi connectivity index (χ1n) is 9.40. The number of carbonyl (C=O) groups is 1. The molecule has 1 aromatic carbocycles. The van der Waals surface area contributed by atoms with Crippen LogP contribution in [-0.2, 0) is 6.54 Å². The van der Waals surface area contributed by atoms with Gasteiger partial charge in [-0.15, -0.1) is 0 Å². The SMILES string of the molecule is CCC1CCn2c(nc(-c3ccncn3)cc2=O)N1CC(=O)c1ccccc1. The highest BCUT2D eigenvalue weighted by Gasteiger charge is 2.29. The van der Waals surface area contributed by atoms with Gasteiger partial charge in [-0.2, -0.15) is 0 Å². The summed E-state index contributed by atoms with van der Waals surface area (Å²) in [7, 11) is 0. The summed E-state index contributed by atoms with van der Waals surface area (Å²) in [5.41, 5.74) is 1.60. The van der Waals surface area contributed by atoms with Gasteiger partial charge in [-0.1, -0.05) is 37.3 Å². The maximum Gasteiger partial charge on any atom is 0.255 e. The Morgan fingerprint density at radius 3 is 2.71 bits per heavy atom. The third kappa shape index (κ3) is 3.43. The quantitative estimate of drug-likeness (QED) is 0.638. The number of hydrogen-bond acceptors (Lipinski definition) is 6. The molecule has 1 unspecified atom stereocenters. The van der Waals surface area contributed by atoms with E-state index in [-0.39, 0.29) is 23.9 Å². The number of fused-ring (bicyclic) bond motifs is 1. The zero-order valence-corrected chi connectivity index (χ0v) is 15.7. The molecule has 4 rings (SSSR count). The fourth-order valence-electron chi connectivity index (χ4n) is 3.59. The molecule has 0 fully saturated rings. The molecular formula is C21H21N5O2. The van der Waals surface area contributed by atoms with Crippen LogP contribution in [0.15, 0.2) is 59.8 Å². The van der Waals surface area contributed by atoms with E-state index in [9.17, 15) is 9.59 Å². The molecule has 142 valence electrons. The zero-order chi connectivity index (χ0) is 19.5. The van der Waals surface area contributed by atoms with Crippen LogP contribution in [-0.4, -0.2) is 37.9 Å². The van der Waals surface area contributed by atoms with Gasteiger partial charge in [0, 0.05) is 30.4 Å². The Hall–Kier alpha value is -3.35. The minimum absolute atomic E-state index is 0.00851. The standard InChI is InChI=1S/C21H21N5O2/c1-2-16-9-11-25-20(28)12-18(17-8-10-22-14-23-17)24-21(25)26(16)13-19(27)15-6-4-3-5-7-15/h3-8,10,12,14,16H,2,9,11,13H2,1H3. The number of nitrogens with zero attached hydrogens (tertiary/aromatic N) is 5. The Balaban J connectivity index is 1.75. The summed E-state index contributed by atoms with van der Waals surface area (Å²) in [5.74, 6) is 0.540. The van der Waals surface area contributed by atoms with Gasteiger partial charge >= 0.3 is 0 Å². The fourth-order valence-corrected chi connectivity index (χ4v) is 3.59. The van der Waals surface area contributed by atoms with Crippen molar-refractivity contribution >= 4 is 11.7 Å². The van der Waals surface area contributed by atoms with Gasteiger partial charge in [0.15, 0.2) is 5.78 Å². The van der Waals surface area contributed by atoms with Crippen molar-refractivity contribution in [3.05, 3.63) is 70.9 Å². The lowest BCUT2D eigenvalue weighted by Gasteiger charge is -2.37. The van der Waals surface area contributed by atoms with Crippen LogP contribution >= 0.6 is 0 Å². The van der Waals surface area contributed by atoms with Crippen molar-refractivity contribution in [1.29, 1.82) is 0 Å². The highest BCUT2D eigenvalue weighted by Crippen LogP contribution is 2.26. The van der Waals surface area contributed by atoms with Crippen molar-refractivity contribution in [2.24, 2.45) is 0 Å². The molecule has 0 saturated heterocycles. The van der Waals surface area contributed by atoms with Crippen LogP contribution in [0.2, 0.25) is 0 Å². The molecule has 0 N–H and O–H groups in total. The topological polar surface area (TPSA) is 81.0 Å². The van der Waals surface area contributed by atoms with E-state index in [4.69, 9.17) is 4.98 Å². The van der Waals surface area contributed by atoms with Crippen LogP contribution in [0.4, 0.5) is 5.95 Å². The molecule has 3 heterocycles. The first-order valence-corrected chi connectivity index (χ1v) is 9.40. The Labute approximate surface area is 162 Å². The van der Waals surface area contributed by atoms with Crippen LogP contribution in [0.3, 0.4) is 0 Å². The average Bonchev–Trinajstić information content (AvgIpc) is 2.75. The van der Waals surface area contributed by atoms with Gasteiger partial charge in [-0.05, 0) is 18.9 Å². The van der Waals surface area contributed by atoms with Crippen molar-refractivity contribution in [1.82, 2.24) is 19.5 Å². The van der Waals surface area contributed by atoms with E-state index < -0.39 is 0 Å². The van der Waals surface area contributed by atoms with E-state index in [0.717, 1.165) is 12.8 Å². The lowest BCUT2D eigenvalue weighted by molar-refractivity contribution is 0.0994. The van der Waals surface area contributed by atoms with Gasteiger partial charge in [0.05, 0.1) is 17.9 Å². The number of carbonyl (C=O) groups excluding carboxylic acids is 1. The van der Waals surface area contributed by atoms with Crippen LogP contribution < -0.4 is 10.5 Å². The molecule has 28 heavy (non-hydrogen) atoms. The average molecular weight is 375 g/mol. The minimum Gasteiger partial charge on any atom is -0.331 e. The van der Waals surface area contributed by atoms with Gasteiger partial charge in [0.2, 0.25) is 5.95 Å². The highest BCUT2D eigenvalue weighted by molar-refractivity contribution is 5.99. The number of Topliss-reactive ketones (excluding diaryl/α,β-unsaturated/α-hetero) is 1. The third-order valence-corrected chi connectivity index (χ3v) is 5.10. The minimum atomic E-state index is -0.134. The smallest absolute Gasteiger partial charge is 0.255 e. The number of anilines is 1. The first-order chi connectivity index (χ1) is 13.7. The predicted octanol–water partition coefficient (Wildman–Crippen LogP) is 2.57. The number of benzene rings is 1. The van der Waals surface area contributed by atoms with Crippen LogP contribution in [0.25, 0.3) is 11.4 Å². The second kappa shape index (κ2) is 7.72. The number of hydrogen-bond donors (Lipinski definition) is 0. The lowest BCUT2D eigenvalue weighted by Crippen LogP contribution is -2.47. The van der Waals surface area contributed by atoms with E-state index in [2.05, 4.69) is 16.9 Å². The van der Waals surface area contributed by atoms with Crippen LogP contribution in [0.5, 0.6) is 0 Å². The number of rotatable bonds is 5. The monoisotopic (exact) mass is 375 g/mol. The third-order valence-electron chi connectivity index (χ3n) is 5.10. The van der Waals surface area contributed by atoms with E-state index >= 15 is 0 Å². The predicted molar refractivity (Wildman–Crippen MR) is 106 cm³/mol. The number of aromatic nitrogens is 4. The van der Waals surface area contributed by atoms with Gasteiger partial charge in [0.1, 0.15) is 6.33 Å². The van der Waals surface area contributed by atoms with E-state index in [0.29, 0.717) is 29.4 Å². The van der Waals surface area contributed by atoms with Crippen molar-refractivity contribution < 1.29 is 4.79 Å². The molecule has 2 aromatic heterocycles. The first kappa shape index (κ1) is 18.0. The van der Waals surface area contributed by atoms with Crippen LogP contribution in [0, 0.1) is 0 Å². The molecule has 1 atom stereocenters. The van der Waals surface area contributed by atoms with Gasteiger partial charge < -0.3 is 4.90 Å². The summed E-state index contributed by atoms with van der Waals surface area (Å²) >= 11 is 0. The fraction of sp³-hybridized carbons (Fsp3) is 0.286. The summed E-state index contributed by atoms with van der Waals surface area (Å²) in [6.45, 7) is 2.87. The summed E-state index contributed by atoms with van der Waals surface area (Å²) in [6, 6.07) is 12.6. The van der Waals surface area contributed by atoms with Crippen molar-refractivity contribution in [2.45, 2.75) is 32.4 Å². The van der Waals surface area contributed by atoms with Crippen LogP contribution in [0.1, 0.15) is 30.1 Å². The second-order valence-electron chi connectivity index (χ2n) is 6.79. The number of ketones is 1. The summed E-state index contributed by atoms with van der Waals surface area (Å²) in [4.78, 5) is 40.4. The molecule has 0 saturated carbocycles. The Bertz CT molecular complexity index is 1030. The molecule has 0 spiro atoms. The molecular weight excluding hydrogens is 354 g/mol. The molecule has 7 heteroatoms. The van der Waals surface area contributed by atoms with E-state index in [1.54, 1.807) is 16.8 Å². The molecule has 1 aliphatic rings. The largest absolute Gasteiger partial charge is 0.331 e. The molecule has 7 nitrogen and oxygen atoms in total. The van der Waals surface area contributed by atoms with Crippen molar-refractivity contribution in [3.63, 3.8) is 0 Å². The Morgan fingerprint density at radius 1 is 1.18 bits per heavy atom. The Morgan fingerprint density at radius 2 is 2.00 bits per heavy atom. The molecule has 1 aliphatic heterocycles. The van der Waals surface area contributed by atoms with E-state index in [1.165, 1.54) is 12.4 Å². The summed E-state index contributed by atoms with van der Waals surface area (Å²) in [5, 5.41) is 0.